The minimum atomic E-state index is -0.206. The number of carbonyl (C=O) groups excluding carboxylic acids is 2. The van der Waals surface area contributed by atoms with Crippen LogP contribution in [-0.2, 0) is 6.54 Å². The van der Waals surface area contributed by atoms with Crippen LogP contribution in [0.1, 0.15) is 37.5 Å². The van der Waals surface area contributed by atoms with E-state index in [-0.39, 0.29) is 11.8 Å². The Balaban J connectivity index is 1.62. The molecule has 0 spiro atoms. The van der Waals surface area contributed by atoms with Crippen LogP contribution in [-0.4, -0.2) is 16.8 Å². The van der Waals surface area contributed by atoms with Crippen LogP contribution in [0.3, 0.4) is 0 Å². The van der Waals surface area contributed by atoms with Gasteiger partial charge in [0.05, 0.1) is 12.2 Å². The lowest BCUT2D eigenvalue weighted by Crippen LogP contribution is -2.23. The molecule has 27 heavy (non-hydrogen) atoms. The number of aryl methyl sites for hydroxylation is 2. The van der Waals surface area contributed by atoms with Gasteiger partial charge in [-0.25, -0.2) is 0 Å². The van der Waals surface area contributed by atoms with E-state index in [9.17, 15) is 9.59 Å². The van der Waals surface area contributed by atoms with Gasteiger partial charge >= 0.3 is 0 Å². The second-order valence-corrected chi connectivity index (χ2v) is 6.35. The maximum atomic E-state index is 12.4. The average molecular weight is 359 g/mol. The number of carbonyl (C=O) groups is 2. The van der Waals surface area contributed by atoms with Crippen molar-refractivity contribution in [1.29, 1.82) is 0 Å². The Labute approximate surface area is 158 Å². The largest absolute Gasteiger partial charge is 0.346 e. The Bertz CT molecular complexity index is 951. The number of hydrogen-bond acceptors (Lipinski definition) is 3. The third kappa shape index (κ3) is 4.79. The molecule has 0 aliphatic heterocycles. The molecule has 3 aromatic rings. The Hall–Kier alpha value is -3.47. The molecule has 5 heteroatoms. The quantitative estimate of drug-likeness (QED) is 0.726. The number of nitrogens with zero attached hydrogens (tertiary/aromatic N) is 1. The first kappa shape index (κ1) is 18.3. The first-order valence-corrected chi connectivity index (χ1v) is 8.70. The lowest BCUT2D eigenvalue weighted by atomic mass is 10.1. The molecule has 1 aromatic heterocycles. The number of nitrogens with one attached hydrogen (secondary N) is 2. The van der Waals surface area contributed by atoms with E-state index in [0.29, 0.717) is 17.7 Å². The first-order valence-electron chi connectivity index (χ1n) is 8.70. The molecule has 0 aliphatic carbocycles. The standard InChI is InChI=1S/C22H21N3O2/c1-15-6-11-20(16(2)13-15)25-22(27)18-9-7-17(8-10-18)21(26)24-14-19-5-3-4-12-23-19/h3-13H,14H2,1-2H3,(H,24,26)(H,25,27). The molecule has 0 saturated heterocycles. The molecular formula is C22H21N3O2. The van der Waals surface area contributed by atoms with Gasteiger partial charge in [-0.15, -0.1) is 0 Å². The van der Waals surface area contributed by atoms with Gasteiger partial charge in [-0.1, -0.05) is 23.8 Å². The number of hydrogen-bond donors (Lipinski definition) is 2. The molecule has 1 heterocycles. The molecule has 2 N–H and O–H groups in total. The van der Waals surface area contributed by atoms with Crippen LogP contribution in [0.2, 0.25) is 0 Å². The SMILES string of the molecule is Cc1ccc(NC(=O)c2ccc(C(=O)NCc3ccccn3)cc2)c(C)c1. The van der Waals surface area contributed by atoms with Crippen molar-refractivity contribution >= 4 is 17.5 Å². The topological polar surface area (TPSA) is 71.1 Å². The average Bonchev–Trinajstić information content (AvgIpc) is 2.69. The number of amides is 2. The van der Waals surface area contributed by atoms with Crippen LogP contribution < -0.4 is 10.6 Å². The van der Waals surface area contributed by atoms with E-state index in [0.717, 1.165) is 22.5 Å². The summed E-state index contributed by atoms with van der Waals surface area (Å²) in [4.78, 5) is 28.8. The van der Waals surface area contributed by atoms with E-state index in [1.54, 1.807) is 30.5 Å². The van der Waals surface area contributed by atoms with Crippen LogP contribution in [0.5, 0.6) is 0 Å². The summed E-state index contributed by atoms with van der Waals surface area (Å²) in [6.07, 6.45) is 1.69. The van der Waals surface area contributed by atoms with Crippen molar-refractivity contribution in [3.05, 3.63) is 94.8 Å². The lowest BCUT2D eigenvalue weighted by molar-refractivity contribution is 0.0948. The molecule has 2 amide bonds. The van der Waals surface area contributed by atoms with Gasteiger partial charge < -0.3 is 10.6 Å². The summed E-state index contributed by atoms with van der Waals surface area (Å²) in [6.45, 7) is 4.32. The molecule has 0 radical (unpaired) electrons. The number of anilines is 1. The zero-order valence-corrected chi connectivity index (χ0v) is 15.3. The zero-order chi connectivity index (χ0) is 19.2. The highest BCUT2D eigenvalue weighted by atomic mass is 16.2. The first-order chi connectivity index (χ1) is 13.0. The Morgan fingerprint density at radius 1 is 0.889 bits per heavy atom. The normalized spacial score (nSPS) is 10.3. The number of pyridine rings is 1. The number of aromatic nitrogens is 1. The molecule has 0 atom stereocenters. The fourth-order valence-corrected chi connectivity index (χ4v) is 2.70. The summed E-state index contributed by atoms with van der Waals surface area (Å²) in [6, 6.07) is 18.0. The van der Waals surface area contributed by atoms with E-state index >= 15 is 0 Å². The summed E-state index contributed by atoms with van der Waals surface area (Å²) >= 11 is 0. The molecule has 0 unspecified atom stereocenters. The van der Waals surface area contributed by atoms with E-state index in [2.05, 4.69) is 15.6 Å². The summed E-state index contributed by atoms with van der Waals surface area (Å²) in [5.74, 6) is -0.413. The predicted octanol–water partition coefficient (Wildman–Crippen LogP) is 3.88. The predicted molar refractivity (Wildman–Crippen MR) is 106 cm³/mol. The minimum Gasteiger partial charge on any atom is -0.346 e. The highest BCUT2D eigenvalue weighted by Crippen LogP contribution is 2.17. The summed E-state index contributed by atoms with van der Waals surface area (Å²) in [7, 11) is 0. The van der Waals surface area contributed by atoms with Gasteiger partial charge in [0.2, 0.25) is 0 Å². The van der Waals surface area contributed by atoms with Crippen LogP contribution in [0.25, 0.3) is 0 Å². The molecule has 0 bridgehead atoms. The molecule has 0 saturated carbocycles. The molecule has 3 rings (SSSR count). The lowest BCUT2D eigenvalue weighted by Gasteiger charge is -2.10. The van der Waals surface area contributed by atoms with Gasteiger partial charge in [0, 0.05) is 23.0 Å². The molecule has 0 fully saturated rings. The maximum Gasteiger partial charge on any atom is 0.255 e. The Morgan fingerprint density at radius 2 is 1.59 bits per heavy atom. The molecule has 0 aliphatic rings. The van der Waals surface area contributed by atoms with Gasteiger partial charge in [-0.3, -0.25) is 14.6 Å². The van der Waals surface area contributed by atoms with Crippen LogP contribution in [0.4, 0.5) is 5.69 Å². The van der Waals surface area contributed by atoms with Gasteiger partial charge in [0.25, 0.3) is 11.8 Å². The minimum absolute atomic E-state index is 0.206. The molecular weight excluding hydrogens is 338 g/mol. The van der Waals surface area contributed by atoms with Crippen LogP contribution in [0.15, 0.2) is 66.9 Å². The fourth-order valence-electron chi connectivity index (χ4n) is 2.70. The van der Waals surface area contributed by atoms with Gasteiger partial charge in [0.1, 0.15) is 0 Å². The van der Waals surface area contributed by atoms with Gasteiger partial charge in [-0.2, -0.15) is 0 Å². The van der Waals surface area contributed by atoms with Crippen LogP contribution >= 0.6 is 0 Å². The van der Waals surface area contributed by atoms with E-state index in [1.165, 1.54) is 0 Å². The smallest absolute Gasteiger partial charge is 0.255 e. The van der Waals surface area contributed by atoms with Crippen molar-refractivity contribution in [2.45, 2.75) is 20.4 Å². The van der Waals surface area contributed by atoms with Gasteiger partial charge in [0.15, 0.2) is 0 Å². The third-order valence-corrected chi connectivity index (χ3v) is 4.20. The van der Waals surface area contributed by atoms with Crippen molar-refractivity contribution in [3.63, 3.8) is 0 Å². The van der Waals surface area contributed by atoms with Crippen molar-refractivity contribution in [3.8, 4) is 0 Å². The zero-order valence-electron chi connectivity index (χ0n) is 15.3. The highest BCUT2D eigenvalue weighted by molar-refractivity contribution is 6.05. The second-order valence-electron chi connectivity index (χ2n) is 6.35. The van der Waals surface area contributed by atoms with Crippen molar-refractivity contribution in [2.75, 3.05) is 5.32 Å². The molecule has 136 valence electrons. The summed E-state index contributed by atoms with van der Waals surface area (Å²) in [5, 5.41) is 5.72. The number of benzene rings is 2. The highest BCUT2D eigenvalue weighted by Gasteiger charge is 2.10. The van der Waals surface area contributed by atoms with Crippen LogP contribution in [0, 0.1) is 13.8 Å². The number of rotatable bonds is 5. The Morgan fingerprint density at radius 3 is 2.22 bits per heavy atom. The third-order valence-electron chi connectivity index (χ3n) is 4.20. The van der Waals surface area contributed by atoms with Gasteiger partial charge in [-0.05, 0) is 61.9 Å². The summed E-state index contributed by atoms with van der Waals surface area (Å²) in [5.41, 5.74) is 4.71. The van der Waals surface area contributed by atoms with E-state index < -0.39 is 0 Å². The monoisotopic (exact) mass is 359 g/mol. The summed E-state index contributed by atoms with van der Waals surface area (Å²) < 4.78 is 0. The van der Waals surface area contributed by atoms with Crippen molar-refractivity contribution in [2.24, 2.45) is 0 Å². The molecule has 2 aromatic carbocycles. The molecule has 5 nitrogen and oxygen atoms in total. The van der Waals surface area contributed by atoms with E-state index in [1.807, 2.05) is 50.2 Å². The van der Waals surface area contributed by atoms with Crippen molar-refractivity contribution < 1.29 is 9.59 Å². The second kappa shape index (κ2) is 8.27. The Kier molecular flexibility index (Phi) is 5.61. The van der Waals surface area contributed by atoms with Crippen molar-refractivity contribution in [1.82, 2.24) is 10.3 Å². The fraction of sp³-hybridized carbons (Fsp3) is 0.136. The maximum absolute atomic E-state index is 12.4. The van der Waals surface area contributed by atoms with E-state index in [4.69, 9.17) is 0 Å².